The van der Waals surface area contributed by atoms with Crippen molar-refractivity contribution in [1.82, 2.24) is 0 Å². The average molecular weight is 152 g/mol. The number of aliphatic hydroxyl groups is 1. The van der Waals surface area contributed by atoms with Crippen molar-refractivity contribution in [2.45, 2.75) is 13.0 Å². The van der Waals surface area contributed by atoms with Crippen molar-refractivity contribution >= 4 is 0 Å². The van der Waals surface area contributed by atoms with Gasteiger partial charge in [-0.05, 0) is 13.0 Å². The van der Waals surface area contributed by atoms with Gasteiger partial charge in [-0.25, -0.2) is 0 Å². The van der Waals surface area contributed by atoms with Crippen molar-refractivity contribution in [3.05, 3.63) is 29.8 Å². The molecule has 1 rings (SSSR count). The molecule has 2 heteroatoms. The molecular formula is C9H12O2. The van der Waals surface area contributed by atoms with Gasteiger partial charge in [0.2, 0.25) is 0 Å². The first kappa shape index (κ1) is 8.08. The predicted octanol–water partition coefficient (Wildman–Crippen LogP) is 1.75. The molecule has 1 N–H and O–H groups in total. The second-order valence-corrected chi connectivity index (χ2v) is 2.42. The van der Waals surface area contributed by atoms with Crippen LogP contribution in [-0.4, -0.2) is 12.2 Å². The Labute approximate surface area is 66.4 Å². The molecule has 0 fully saturated rings. The fraction of sp³-hybridized carbons (Fsp3) is 0.333. The van der Waals surface area contributed by atoms with Crippen LogP contribution >= 0.6 is 0 Å². The summed E-state index contributed by atoms with van der Waals surface area (Å²) in [6.45, 7) is 1.72. The first-order chi connectivity index (χ1) is 5.25. The summed E-state index contributed by atoms with van der Waals surface area (Å²) in [6, 6.07) is 7.45. The predicted molar refractivity (Wildman–Crippen MR) is 43.6 cm³/mol. The third kappa shape index (κ3) is 1.71. The Morgan fingerprint density at radius 1 is 1.36 bits per heavy atom. The van der Waals surface area contributed by atoms with Crippen molar-refractivity contribution in [3.8, 4) is 5.75 Å². The first-order valence-corrected chi connectivity index (χ1v) is 3.56. The van der Waals surface area contributed by atoms with Gasteiger partial charge in [0.1, 0.15) is 5.75 Å². The second-order valence-electron chi connectivity index (χ2n) is 2.42. The molecule has 0 saturated heterocycles. The molecule has 0 saturated carbocycles. The topological polar surface area (TPSA) is 29.5 Å². The highest BCUT2D eigenvalue weighted by atomic mass is 16.5. The van der Waals surface area contributed by atoms with Gasteiger partial charge in [-0.1, -0.05) is 18.2 Å². The van der Waals surface area contributed by atoms with E-state index in [1.54, 1.807) is 14.0 Å². The monoisotopic (exact) mass is 152 g/mol. The van der Waals surface area contributed by atoms with Gasteiger partial charge < -0.3 is 9.84 Å². The highest BCUT2D eigenvalue weighted by molar-refractivity contribution is 5.34. The molecule has 1 aromatic carbocycles. The van der Waals surface area contributed by atoms with Gasteiger partial charge in [-0.15, -0.1) is 0 Å². The quantitative estimate of drug-likeness (QED) is 0.699. The largest absolute Gasteiger partial charge is 0.496 e. The Morgan fingerprint density at radius 2 is 2.00 bits per heavy atom. The van der Waals surface area contributed by atoms with Crippen LogP contribution in [0, 0.1) is 0 Å². The van der Waals surface area contributed by atoms with Crippen LogP contribution in [0.3, 0.4) is 0 Å². The molecule has 0 radical (unpaired) electrons. The minimum atomic E-state index is -0.467. The van der Waals surface area contributed by atoms with Crippen LogP contribution in [0.1, 0.15) is 18.6 Å². The summed E-state index contributed by atoms with van der Waals surface area (Å²) in [5.74, 6) is 0.738. The van der Waals surface area contributed by atoms with E-state index in [-0.39, 0.29) is 0 Å². The van der Waals surface area contributed by atoms with Gasteiger partial charge in [-0.2, -0.15) is 0 Å². The molecule has 0 aromatic heterocycles. The molecule has 0 spiro atoms. The van der Waals surface area contributed by atoms with Crippen molar-refractivity contribution in [2.24, 2.45) is 0 Å². The maximum absolute atomic E-state index is 9.26. The van der Waals surface area contributed by atoms with Crippen LogP contribution in [0.25, 0.3) is 0 Å². The third-order valence-corrected chi connectivity index (χ3v) is 1.59. The third-order valence-electron chi connectivity index (χ3n) is 1.59. The number of aliphatic hydroxyl groups excluding tert-OH is 1. The number of methoxy groups -OCH3 is 1. The van der Waals surface area contributed by atoms with E-state index in [1.165, 1.54) is 0 Å². The molecule has 0 aliphatic rings. The standard InChI is InChI=1S/C9H12O2/c1-7(10)8-5-3-4-6-9(8)11-2/h3-7,10H,1-2H3/t7-/m0/s1. The zero-order valence-electron chi connectivity index (χ0n) is 6.74. The molecule has 0 aliphatic heterocycles. The number of hydrogen-bond donors (Lipinski definition) is 1. The number of ether oxygens (including phenoxy) is 1. The fourth-order valence-electron chi connectivity index (χ4n) is 1.01. The lowest BCUT2D eigenvalue weighted by atomic mass is 10.1. The van der Waals surface area contributed by atoms with E-state index in [2.05, 4.69) is 0 Å². The van der Waals surface area contributed by atoms with Crippen molar-refractivity contribution < 1.29 is 9.84 Å². The van der Waals surface area contributed by atoms with Crippen LogP contribution < -0.4 is 4.74 Å². The molecule has 0 bridgehead atoms. The van der Waals surface area contributed by atoms with E-state index in [4.69, 9.17) is 4.74 Å². The van der Waals surface area contributed by atoms with E-state index in [0.29, 0.717) is 0 Å². The Morgan fingerprint density at radius 3 is 2.45 bits per heavy atom. The molecule has 1 atom stereocenters. The maximum Gasteiger partial charge on any atom is 0.124 e. The summed E-state index contributed by atoms with van der Waals surface area (Å²) in [5, 5.41) is 9.26. The smallest absolute Gasteiger partial charge is 0.124 e. The number of hydrogen-bond acceptors (Lipinski definition) is 2. The summed E-state index contributed by atoms with van der Waals surface area (Å²) in [5.41, 5.74) is 0.829. The number of benzene rings is 1. The molecule has 60 valence electrons. The molecule has 0 amide bonds. The van der Waals surface area contributed by atoms with E-state index >= 15 is 0 Å². The van der Waals surface area contributed by atoms with E-state index in [0.717, 1.165) is 11.3 Å². The number of rotatable bonds is 2. The summed E-state index contributed by atoms with van der Waals surface area (Å²) >= 11 is 0. The van der Waals surface area contributed by atoms with Crippen LogP contribution in [-0.2, 0) is 0 Å². The van der Waals surface area contributed by atoms with Crippen molar-refractivity contribution in [2.75, 3.05) is 7.11 Å². The molecular weight excluding hydrogens is 140 g/mol. The first-order valence-electron chi connectivity index (χ1n) is 3.56. The summed E-state index contributed by atoms with van der Waals surface area (Å²) in [4.78, 5) is 0. The normalized spacial score (nSPS) is 12.6. The van der Waals surface area contributed by atoms with Crippen LogP contribution in [0.2, 0.25) is 0 Å². The Kier molecular flexibility index (Phi) is 2.49. The Bertz CT molecular complexity index is 231. The molecule has 0 unspecified atom stereocenters. The zero-order chi connectivity index (χ0) is 8.27. The van der Waals surface area contributed by atoms with Crippen LogP contribution in [0.5, 0.6) is 5.75 Å². The summed E-state index contributed by atoms with van der Waals surface area (Å²) < 4.78 is 5.05. The average Bonchev–Trinajstić information content (AvgIpc) is 2.04. The highest BCUT2D eigenvalue weighted by Crippen LogP contribution is 2.23. The molecule has 1 aromatic rings. The van der Waals surface area contributed by atoms with Gasteiger partial charge in [0.15, 0.2) is 0 Å². The minimum Gasteiger partial charge on any atom is -0.496 e. The van der Waals surface area contributed by atoms with Gasteiger partial charge >= 0.3 is 0 Å². The van der Waals surface area contributed by atoms with Crippen LogP contribution in [0.15, 0.2) is 24.3 Å². The molecule has 0 aliphatic carbocycles. The lowest BCUT2D eigenvalue weighted by Crippen LogP contribution is -1.95. The van der Waals surface area contributed by atoms with Gasteiger partial charge in [0, 0.05) is 5.56 Å². The van der Waals surface area contributed by atoms with Crippen molar-refractivity contribution in [3.63, 3.8) is 0 Å². The van der Waals surface area contributed by atoms with Crippen LogP contribution in [0.4, 0.5) is 0 Å². The van der Waals surface area contributed by atoms with Crippen molar-refractivity contribution in [1.29, 1.82) is 0 Å². The number of para-hydroxylation sites is 1. The summed E-state index contributed by atoms with van der Waals surface area (Å²) in [7, 11) is 1.60. The maximum atomic E-state index is 9.26. The highest BCUT2D eigenvalue weighted by Gasteiger charge is 2.05. The lowest BCUT2D eigenvalue weighted by molar-refractivity contribution is 0.194. The van der Waals surface area contributed by atoms with E-state index in [1.807, 2.05) is 24.3 Å². The molecule has 0 heterocycles. The van der Waals surface area contributed by atoms with Gasteiger partial charge in [0.05, 0.1) is 13.2 Å². The summed E-state index contributed by atoms with van der Waals surface area (Å²) in [6.07, 6.45) is -0.467. The Balaban J connectivity index is 3.02. The van der Waals surface area contributed by atoms with Gasteiger partial charge in [0.25, 0.3) is 0 Å². The molecule has 2 nitrogen and oxygen atoms in total. The second kappa shape index (κ2) is 3.39. The SMILES string of the molecule is COc1ccccc1[C@H](C)O. The zero-order valence-corrected chi connectivity index (χ0v) is 6.74. The fourth-order valence-corrected chi connectivity index (χ4v) is 1.01. The minimum absolute atomic E-state index is 0.467. The Hall–Kier alpha value is -1.02. The van der Waals surface area contributed by atoms with E-state index in [9.17, 15) is 5.11 Å². The van der Waals surface area contributed by atoms with E-state index < -0.39 is 6.10 Å². The lowest BCUT2D eigenvalue weighted by Gasteiger charge is -2.09. The van der Waals surface area contributed by atoms with Gasteiger partial charge in [-0.3, -0.25) is 0 Å². The molecule has 11 heavy (non-hydrogen) atoms.